The van der Waals surface area contributed by atoms with E-state index in [-0.39, 0.29) is 18.3 Å². The number of alkyl halides is 1. The van der Waals surface area contributed by atoms with Gasteiger partial charge in [-0.3, -0.25) is 4.79 Å². The number of nitrogens with zero attached hydrogens (tertiary/aromatic N) is 3. The van der Waals surface area contributed by atoms with Gasteiger partial charge in [-0.25, -0.2) is 14.4 Å². The van der Waals surface area contributed by atoms with Crippen molar-refractivity contribution in [3.8, 4) is 11.5 Å². The Balaban J connectivity index is 1.41. The summed E-state index contributed by atoms with van der Waals surface area (Å²) in [4.78, 5) is 23.4. The van der Waals surface area contributed by atoms with Crippen molar-refractivity contribution < 1.29 is 18.7 Å². The number of nitrogens with one attached hydrogen (secondary N) is 1. The fourth-order valence-corrected chi connectivity index (χ4v) is 4.53. The van der Waals surface area contributed by atoms with Crippen LogP contribution >= 0.6 is 27.5 Å². The molecule has 1 amide bonds. The standard InChI is InChI=1S/C28H23BrClFN4O3/c29-9-2-6-27(36)35-10-3-11-37-26-15-23-21(14-24(26)35)28(33-17-32-23)34-20-7-8-25(22(30)13-20)38-16-18-4-1-5-19(31)12-18/h1-2,4-8,12-15,17H,3,9-11,16H2,(H,32,33,34). The van der Waals surface area contributed by atoms with E-state index < -0.39 is 0 Å². The van der Waals surface area contributed by atoms with Crippen molar-refractivity contribution in [3.05, 3.63) is 89.5 Å². The predicted molar refractivity (Wildman–Crippen MR) is 150 cm³/mol. The molecule has 7 nitrogen and oxygen atoms in total. The van der Waals surface area contributed by atoms with Crippen LogP contribution in [-0.4, -0.2) is 34.4 Å². The Morgan fingerprint density at radius 3 is 2.92 bits per heavy atom. The monoisotopic (exact) mass is 596 g/mol. The number of rotatable bonds is 7. The van der Waals surface area contributed by atoms with Gasteiger partial charge in [-0.2, -0.15) is 0 Å². The second-order valence-corrected chi connectivity index (χ2v) is 9.55. The number of ether oxygens (including phenoxy) is 2. The fraction of sp³-hybridized carbons (Fsp3) is 0.179. The molecule has 0 aliphatic carbocycles. The Morgan fingerprint density at radius 2 is 2.11 bits per heavy atom. The average Bonchev–Trinajstić information content (AvgIpc) is 3.12. The van der Waals surface area contributed by atoms with Gasteiger partial charge in [0, 0.05) is 35.1 Å². The van der Waals surface area contributed by atoms with E-state index in [0.717, 1.165) is 5.39 Å². The minimum Gasteiger partial charge on any atom is -0.491 e. The number of carbonyl (C=O) groups is 1. The van der Waals surface area contributed by atoms with E-state index in [0.29, 0.717) is 69.7 Å². The van der Waals surface area contributed by atoms with Gasteiger partial charge >= 0.3 is 0 Å². The van der Waals surface area contributed by atoms with Crippen LogP contribution in [0.15, 0.2) is 73.1 Å². The highest BCUT2D eigenvalue weighted by Gasteiger charge is 2.23. The molecule has 4 aromatic rings. The minimum absolute atomic E-state index is 0.123. The third-order valence-corrected chi connectivity index (χ3v) is 6.55. The van der Waals surface area contributed by atoms with Crippen LogP contribution in [0.5, 0.6) is 11.5 Å². The Kier molecular flexibility index (Phi) is 8.05. The lowest BCUT2D eigenvalue weighted by atomic mass is 10.1. The maximum Gasteiger partial charge on any atom is 0.250 e. The molecule has 1 aliphatic heterocycles. The maximum absolute atomic E-state index is 13.4. The molecule has 10 heteroatoms. The molecule has 1 aliphatic rings. The van der Waals surface area contributed by atoms with Gasteiger partial charge in [0.2, 0.25) is 0 Å². The van der Waals surface area contributed by atoms with Gasteiger partial charge in [-0.15, -0.1) is 0 Å². The quantitative estimate of drug-likeness (QED) is 0.186. The summed E-state index contributed by atoms with van der Waals surface area (Å²) in [6.07, 6.45) is 5.49. The molecule has 38 heavy (non-hydrogen) atoms. The first-order chi connectivity index (χ1) is 18.5. The van der Waals surface area contributed by atoms with Crippen LogP contribution in [0.25, 0.3) is 10.9 Å². The highest BCUT2D eigenvalue weighted by Crippen LogP contribution is 2.38. The maximum atomic E-state index is 13.4. The third-order valence-electron chi connectivity index (χ3n) is 5.88. The number of anilines is 3. The molecular weight excluding hydrogens is 575 g/mol. The number of allylic oxidation sites excluding steroid dienone is 1. The molecule has 0 radical (unpaired) electrons. The van der Waals surface area contributed by atoms with Crippen LogP contribution in [0.1, 0.15) is 12.0 Å². The van der Waals surface area contributed by atoms with Crippen LogP contribution in [0.3, 0.4) is 0 Å². The zero-order valence-corrected chi connectivity index (χ0v) is 22.5. The molecule has 0 saturated carbocycles. The normalized spacial score (nSPS) is 13.2. The summed E-state index contributed by atoms with van der Waals surface area (Å²) in [5.41, 5.74) is 2.73. The predicted octanol–water partition coefficient (Wildman–Crippen LogP) is 6.81. The molecule has 3 aromatic carbocycles. The van der Waals surface area contributed by atoms with Gasteiger partial charge in [0.05, 0.1) is 22.8 Å². The van der Waals surface area contributed by atoms with Gasteiger partial charge in [0.15, 0.2) is 0 Å². The topological polar surface area (TPSA) is 76.6 Å². The van der Waals surface area contributed by atoms with Crippen LogP contribution in [-0.2, 0) is 11.4 Å². The highest BCUT2D eigenvalue weighted by atomic mass is 79.9. The molecule has 0 unspecified atom stereocenters. The van der Waals surface area contributed by atoms with Crippen molar-refractivity contribution in [3.63, 3.8) is 0 Å². The van der Waals surface area contributed by atoms with E-state index in [2.05, 4.69) is 31.2 Å². The summed E-state index contributed by atoms with van der Waals surface area (Å²) in [7, 11) is 0. The number of amides is 1. The van der Waals surface area contributed by atoms with Crippen molar-refractivity contribution in [2.45, 2.75) is 13.0 Å². The molecule has 0 spiro atoms. The highest BCUT2D eigenvalue weighted by molar-refractivity contribution is 9.09. The van der Waals surface area contributed by atoms with Crippen LogP contribution in [0, 0.1) is 5.82 Å². The summed E-state index contributed by atoms with van der Waals surface area (Å²) in [6, 6.07) is 15.2. The first-order valence-electron chi connectivity index (χ1n) is 11.9. The van der Waals surface area contributed by atoms with Crippen LogP contribution < -0.4 is 19.7 Å². The van der Waals surface area contributed by atoms with E-state index in [1.807, 2.05) is 18.2 Å². The minimum atomic E-state index is -0.319. The average molecular weight is 598 g/mol. The molecule has 0 atom stereocenters. The molecule has 2 heterocycles. The number of benzene rings is 3. The molecule has 5 rings (SSSR count). The zero-order chi connectivity index (χ0) is 26.5. The lowest BCUT2D eigenvalue weighted by Crippen LogP contribution is -2.29. The van der Waals surface area contributed by atoms with Crippen molar-refractivity contribution in [2.75, 3.05) is 28.7 Å². The summed E-state index contributed by atoms with van der Waals surface area (Å²) in [6.45, 7) is 1.23. The fourth-order valence-electron chi connectivity index (χ4n) is 4.11. The Morgan fingerprint density at radius 1 is 1.21 bits per heavy atom. The van der Waals surface area contributed by atoms with E-state index >= 15 is 0 Å². The first kappa shape index (κ1) is 25.9. The van der Waals surface area contributed by atoms with E-state index in [4.69, 9.17) is 21.1 Å². The van der Waals surface area contributed by atoms with E-state index in [1.165, 1.54) is 18.5 Å². The van der Waals surface area contributed by atoms with Gasteiger partial charge in [-0.05, 0) is 48.4 Å². The summed E-state index contributed by atoms with van der Waals surface area (Å²) in [5, 5.41) is 5.00. The number of hydrogen-bond acceptors (Lipinski definition) is 6. The molecule has 0 fully saturated rings. The Bertz CT molecular complexity index is 1520. The molecular formula is C28H23BrClFN4O3. The molecule has 0 saturated heterocycles. The first-order valence-corrected chi connectivity index (χ1v) is 13.4. The Labute approximate surface area is 232 Å². The summed E-state index contributed by atoms with van der Waals surface area (Å²) < 4.78 is 25.1. The summed E-state index contributed by atoms with van der Waals surface area (Å²) >= 11 is 9.79. The largest absolute Gasteiger partial charge is 0.491 e. The van der Waals surface area contributed by atoms with Crippen molar-refractivity contribution in [1.29, 1.82) is 0 Å². The number of aromatic nitrogens is 2. The lowest BCUT2D eigenvalue weighted by Gasteiger charge is -2.21. The molecule has 0 bridgehead atoms. The SMILES string of the molecule is O=C(C=CCBr)N1CCCOc2cc3ncnc(Nc4ccc(OCc5cccc(F)c5)c(Cl)c4)c3cc21. The number of fused-ring (bicyclic) bond motifs is 2. The van der Waals surface area contributed by atoms with Gasteiger partial charge < -0.3 is 19.7 Å². The second-order valence-electron chi connectivity index (χ2n) is 8.50. The van der Waals surface area contributed by atoms with Gasteiger partial charge in [0.25, 0.3) is 5.91 Å². The van der Waals surface area contributed by atoms with Gasteiger partial charge in [0.1, 0.15) is 36.1 Å². The summed E-state index contributed by atoms with van der Waals surface area (Å²) in [5.74, 6) is 1.18. The van der Waals surface area contributed by atoms with Crippen molar-refractivity contribution >= 4 is 61.5 Å². The van der Waals surface area contributed by atoms with Crippen molar-refractivity contribution in [2.24, 2.45) is 0 Å². The van der Waals surface area contributed by atoms with Crippen LogP contribution in [0.4, 0.5) is 21.6 Å². The molecule has 194 valence electrons. The molecule has 1 aromatic heterocycles. The zero-order valence-electron chi connectivity index (χ0n) is 20.2. The Hall–Kier alpha value is -3.69. The number of carbonyl (C=O) groups excluding carboxylic acids is 1. The number of hydrogen-bond donors (Lipinski definition) is 1. The second kappa shape index (κ2) is 11.8. The van der Waals surface area contributed by atoms with E-state index in [9.17, 15) is 9.18 Å². The van der Waals surface area contributed by atoms with Crippen molar-refractivity contribution in [1.82, 2.24) is 9.97 Å². The third kappa shape index (κ3) is 5.89. The molecule has 1 N–H and O–H groups in total. The number of halogens is 3. The van der Waals surface area contributed by atoms with Gasteiger partial charge in [-0.1, -0.05) is 45.7 Å². The smallest absolute Gasteiger partial charge is 0.250 e. The van der Waals surface area contributed by atoms with E-state index in [1.54, 1.807) is 41.3 Å². The van der Waals surface area contributed by atoms with Crippen LogP contribution in [0.2, 0.25) is 5.02 Å². The lowest BCUT2D eigenvalue weighted by molar-refractivity contribution is -0.114.